The third-order valence-electron chi connectivity index (χ3n) is 3.82. The predicted molar refractivity (Wildman–Crippen MR) is 98.9 cm³/mol. The van der Waals surface area contributed by atoms with Crippen LogP contribution < -0.4 is 10.6 Å². The van der Waals surface area contributed by atoms with Crippen molar-refractivity contribution in [3.05, 3.63) is 70.8 Å². The zero-order valence-corrected chi connectivity index (χ0v) is 14.8. The van der Waals surface area contributed by atoms with E-state index >= 15 is 0 Å². The molecule has 0 radical (unpaired) electrons. The number of carbonyl (C=O) groups excluding carboxylic acids is 1. The van der Waals surface area contributed by atoms with Gasteiger partial charge in [0, 0.05) is 19.7 Å². The maximum Gasteiger partial charge on any atom is 0.335 e. The van der Waals surface area contributed by atoms with Gasteiger partial charge < -0.3 is 20.5 Å². The molecule has 2 amide bonds. The standard InChI is InChI=1S/C20H24N2O4/c1-2-11-26-14-18-6-4-3-5-17(18)13-22-20(25)21-12-15-7-9-16(10-8-15)19(23)24/h3-10H,2,11-14H2,1H3,(H,23,24)(H2,21,22,25). The van der Waals surface area contributed by atoms with Gasteiger partial charge in [-0.1, -0.05) is 43.3 Å². The number of benzene rings is 2. The van der Waals surface area contributed by atoms with Gasteiger partial charge in [0.25, 0.3) is 0 Å². The van der Waals surface area contributed by atoms with Crippen molar-refractivity contribution in [1.29, 1.82) is 0 Å². The summed E-state index contributed by atoms with van der Waals surface area (Å²) in [6.07, 6.45) is 0.969. The summed E-state index contributed by atoms with van der Waals surface area (Å²) in [7, 11) is 0. The minimum absolute atomic E-state index is 0.222. The summed E-state index contributed by atoms with van der Waals surface area (Å²) < 4.78 is 5.58. The first-order valence-electron chi connectivity index (χ1n) is 8.58. The van der Waals surface area contributed by atoms with Crippen LogP contribution in [0.1, 0.15) is 40.4 Å². The Morgan fingerprint density at radius 3 is 2.27 bits per heavy atom. The number of aromatic carboxylic acids is 1. The summed E-state index contributed by atoms with van der Waals surface area (Å²) >= 11 is 0. The number of ether oxygens (including phenoxy) is 1. The molecule has 0 fully saturated rings. The smallest absolute Gasteiger partial charge is 0.335 e. The van der Waals surface area contributed by atoms with E-state index in [1.165, 1.54) is 12.1 Å². The summed E-state index contributed by atoms with van der Waals surface area (Å²) in [6, 6.07) is 14.0. The Morgan fingerprint density at radius 2 is 1.62 bits per heavy atom. The van der Waals surface area contributed by atoms with Gasteiger partial charge in [-0.25, -0.2) is 9.59 Å². The molecule has 0 unspecified atom stereocenters. The van der Waals surface area contributed by atoms with Gasteiger partial charge in [0.2, 0.25) is 0 Å². The Bertz CT molecular complexity index is 729. The van der Waals surface area contributed by atoms with E-state index in [4.69, 9.17) is 9.84 Å². The fourth-order valence-corrected chi connectivity index (χ4v) is 2.38. The highest BCUT2D eigenvalue weighted by molar-refractivity contribution is 5.87. The Balaban J connectivity index is 1.80. The summed E-state index contributed by atoms with van der Waals surface area (Å²) in [4.78, 5) is 22.8. The van der Waals surface area contributed by atoms with Crippen LogP contribution in [-0.2, 0) is 24.4 Å². The van der Waals surface area contributed by atoms with E-state index < -0.39 is 5.97 Å². The molecule has 0 aliphatic carbocycles. The van der Waals surface area contributed by atoms with Crippen LogP contribution in [0.5, 0.6) is 0 Å². The van der Waals surface area contributed by atoms with Crippen molar-refractivity contribution >= 4 is 12.0 Å². The largest absolute Gasteiger partial charge is 0.478 e. The quantitative estimate of drug-likeness (QED) is 0.602. The number of urea groups is 1. The third-order valence-corrected chi connectivity index (χ3v) is 3.82. The van der Waals surface area contributed by atoms with E-state index in [0.717, 1.165) is 23.1 Å². The van der Waals surface area contributed by atoms with Crippen LogP contribution in [0.3, 0.4) is 0 Å². The zero-order valence-electron chi connectivity index (χ0n) is 14.8. The molecule has 0 bridgehead atoms. The number of hydrogen-bond donors (Lipinski definition) is 3. The van der Waals surface area contributed by atoms with E-state index in [1.807, 2.05) is 24.3 Å². The van der Waals surface area contributed by atoms with Crippen molar-refractivity contribution in [2.24, 2.45) is 0 Å². The fourth-order valence-electron chi connectivity index (χ4n) is 2.38. The molecule has 0 aliphatic heterocycles. The third kappa shape index (κ3) is 6.22. The second-order valence-electron chi connectivity index (χ2n) is 5.86. The summed E-state index contributed by atoms with van der Waals surface area (Å²) in [5.41, 5.74) is 3.13. The first kappa shape index (κ1) is 19.5. The monoisotopic (exact) mass is 356 g/mol. The number of rotatable bonds is 9. The Labute approximate surface area is 153 Å². The predicted octanol–water partition coefficient (Wildman–Crippen LogP) is 3.31. The second-order valence-corrected chi connectivity index (χ2v) is 5.86. The maximum absolute atomic E-state index is 12.0. The molecule has 6 heteroatoms. The van der Waals surface area contributed by atoms with Gasteiger partial charge in [-0.15, -0.1) is 0 Å². The molecule has 0 aromatic heterocycles. The van der Waals surface area contributed by atoms with Crippen molar-refractivity contribution in [3.63, 3.8) is 0 Å². The molecular formula is C20H24N2O4. The van der Waals surface area contributed by atoms with Gasteiger partial charge in [-0.2, -0.15) is 0 Å². The Kier molecular flexibility index (Phi) is 7.64. The summed E-state index contributed by atoms with van der Waals surface area (Å²) in [5, 5.41) is 14.5. The molecule has 2 aromatic rings. The number of carboxylic acid groups (broad SMARTS) is 1. The van der Waals surface area contributed by atoms with Crippen molar-refractivity contribution in [2.75, 3.05) is 6.61 Å². The molecule has 0 saturated heterocycles. The van der Waals surface area contributed by atoms with E-state index in [0.29, 0.717) is 26.3 Å². The lowest BCUT2D eigenvalue weighted by molar-refractivity contribution is 0.0697. The second kappa shape index (κ2) is 10.2. The molecule has 26 heavy (non-hydrogen) atoms. The fraction of sp³-hybridized carbons (Fsp3) is 0.300. The van der Waals surface area contributed by atoms with Crippen LogP contribution in [0.15, 0.2) is 48.5 Å². The first-order chi connectivity index (χ1) is 12.6. The van der Waals surface area contributed by atoms with Crippen LogP contribution in [0.25, 0.3) is 0 Å². The minimum Gasteiger partial charge on any atom is -0.478 e. The molecule has 0 saturated carbocycles. The van der Waals surface area contributed by atoms with Crippen LogP contribution in [0, 0.1) is 0 Å². The van der Waals surface area contributed by atoms with Crippen LogP contribution >= 0.6 is 0 Å². The van der Waals surface area contributed by atoms with E-state index in [2.05, 4.69) is 17.6 Å². The lowest BCUT2D eigenvalue weighted by atomic mass is 10.1. The highest BCUT2D eigenvalue weighted by atomic mass is 16.5. The Hall–Kier alpha value is -2.86. The van der Waals surface area contributed by atoms with Crippen LogP contribution in [0.2, 0.25) is 0 Å². The molecule has 0 heterocycles. The van der Waals surface area contributed by atoms with Crippen molar-refractivity contribution < 1.29 is 19.4 Å². The number of carbonyl (C=O) groups is 2. The topological polar surface area (TPSA) is 87.7 Å². The van der Waals surface area contributed by atoms with Crippen molar-refractivity contribution in [1.82, 2.24) is 10.6 Å². The van der Waals surface area contributed by atoms with Gasteiger partial charge >= 0.3 is 12.0 Å². The van der Waals surface area contributed by atoms with Crippen LogP contribution in [-0.4, -0.2) is 23.7 Å². The maximum atomic E-state index is 12.0. The SMILES string of the molecule is CCCOCc1ccccc1CNC(=O)NCc1ccc(C(=O)O)cc1. The van der Waals surface area contributed by atoms with E-state index in [9.17, 15) is 9.59 Å². The molecule has 6 nitrogen and oxygen atoms in total. The molecule has 138 valence electrons. The van der Waals surface area contributed by atoms with Gasteiger partial charge in [0.15, 0.2) is 0 Å². The average molecular weight is 356 g/mol. The zero-order chi connectivity index (χ0) is 18.8. The van der Waals surface area contributed by atoms with Crippen molar-refractivity contribution in [3.8, 4) is 0 Å². The highest BCUT2D eigenvalue weighted by Crippen LogP contribution is 2.10. The number of nitrogens with one attached hydrogen (secondary N) is 2. The summed E-state index contributed by atoms with van der Waals surface area (Å²) in [6.45, 7) is 4.04. The summed E-state index contributed by atoms with van der Waals surface area (Å²) in [5.74, 6) is -0.969. The average Bonchev–Trinajstić information content (AvgIpc) is 2.66. The molecule has 0 aliphatic rings. The van der Waals surface area contributed by atoms with E-state index in [1.54, 1.807) is 12.1 Å². The van der Waals surface area contributed by atoms with Gasteiger partial charge in [-0.3, -0.25) is 0 Å². The molecule has 2 aromatic carbocycles. The molecule has 3 N–H and O–H groups in total. The van der Waals surface area contributed by atoms with E-state index in [-0.39, 0.29) is 11.6 Å². The van der Waals surface area contributed by atoms with Gasteiger partial charge in [0.1, 0.15) is 0 Å². The normalized spacial score (nSPS) is 10.3. The van der Waals surface area contributed by atoms with Crippen LogP contribution in [0.4, 0.5) is 4.79 Å². The lowest BCUT2D eigenvalue weighted by Crippen LogP contribution is -2.34. The minimum atomic E-state index is -0.969. The first-order valence-corrected chi connectivity index (χ1v) is 8.58. The number of hydrogen-bond acceptors (Lipinski definition) is 3. The lowest BCUT2D eigenvalue weighted by Gasteiger charge is -2.12. The number of carboxylic acids is 1. The highest BCUT2D eigenvalue weighted by Gasteiger charge is 2.06. The molecule has 0 spiro atoms. The van der Waals surface area contributed by atoms with Gasteiger partial charge in [-0.05, 0) is 35.2 Å². The van der Waals surface area contributed by atoms with Gasteiger partial charge in [0.05, 0.1) is 12.2 Å². The molecular weight excluding hydrogens is 332 g/mol. The molecule has 2 rings (SSSR count). The number of amides is 2. The Morgan fingerprint density at radius 1 is 0.962 bits per heavy atom. The molecule has 0 atom stereocenters. The van der Waals surface area contributed by atoms with Crippen molar-refractivity contribution in [2.45, 2.75) is 33.0 Å².